The molecule has 2 aromatic carbocycles. The molecular weight excluding hydrogens is 586 g/mol. The Morgan fingerprint density at radius 1 is 0.706 bits per heavy atom. The fourth-order valence-electron chi connectivity index (χ4n) is 2.53. The minimum atomic E-state index is -3.63. The first-order valence-electron chi connectivity index (χ1n) is 9.13. The summed E-state index contributed by atoms with van der Waals surface area (Å²) in [5.74, 6) is -1.13. The summed E-state index contributed by atoms with van der Waals surface area (Å²) in [4.78, 5) is 7.46. The van der Waals surface area contributed by atoms with Crippen LogP contribution in [-0.4, -0.2) is 26.8 Å². The van der Waals surface area contributed by atoms with Crippen LogP contribution in [0, 0.1) is 5.82 Å². The van der Waals surface area contributed by atoms with Crippen LogP contribution in [0.2, 0.25) is 13.7 Å². The van der Waals surface area contributed by atoms with Crippen LogP contribution in [0.5, 0.6) is 0 Å². The van der Waals surface area contributed by atoms with Crippen molar-refractivity contribution in [2.75, 3.05) is 0 Å². The Labute approximate surface area is 218 Å². The standard InChI is InChI=1S/C10H7Cl2NO2S2.C10H7ClFNO2S2/c11-8-4-2-1-3-7(8)6-17(14,15)10-13-5-9(12)16-10;11-9-5-13-10(16-9)17(14,15)6-7-3-1-2-4-8(7)12/h2*1-5H,6H2. The SMILES string of the molecule is O=S(=O)(Cc1ccccc1Cl)c1ncc(Cl)s1.O=S(=O)(Cc1ccccc1F)c1ncc(Cl)s1. The predicted molar refractivity (Wildman–Crippen MR) is 134 cm³/mol. The van der Waals surface area contributed by atoms with E-state index in [1.807, 2.05) is 0 Å². The van der Waals surface area contributed by atoms with Gasteiger partial charge in [0.2, 0.25) is 28.4 Å². The number of hydrogen-bond donors (Lipinski definition) is 0. The van der Waals surface area contributed by atoms with E-state index in [0.717, 1.165) is 22.7 Å². The van der Waals surface area contributed by atoms with Gasteiger partial charge in [-0.2, -0.15) is 0 Å². The van der Waals surface area contributed by atoms with E-state index in [4.69, 9.17) is 34.8 Å². The zero-order chi connectivity index (χ0) is 24.9. The lowest BCUT2D eigenvalue weighted by Gasteiger charge is -2.03. The highest BCUT2D eigenvalue weighted by Crippen LogP contribution is 2.27. The van der Waals surface area contributed by atoms with Crippen molar-refractivity contribution in [1.82, 2.24) is 9.97 Å². The normalized spacial score (nSPS) is 11.6. The fraction of sp³-hybridized carbons (Fsp3) is 0.100. The summed E-state index contributed by atoms with van der Waals surface area (Å²) in [6, 6.07) is 12.6. The van der Waals surface area contributed by atoms with Crippen LogP contribution in [0.25, 0.3) is 0 Å². The quantitative estimate of drug-likeness (QED) is 0.257. The van der Waals surface area contributed by atoms with E-state index < -0.39 is 31.2 Å². The maximum Gasteiger partial charge on any atom is 0.210 e. The summed E-state index contributed by atoms with van der Waals surface area (Å²) in [6.45, 7) is 0. The highest BCUT2D eigenvalue weighted by Gasteiger charge is 2.21. The first-order valence-corrected chi connectivity index (χ1v) is 15.2. The molecule has 180 valence electrons. The van der Waals surface area contributed by atoms with E-state index in [2.05, 4.69) is 9.97 Å². The lowest BCUT2D eigenvalue weighted by molar-refractivity contribution is 0.586. The molecule has 0 amide bonds. The number of thiazole rings is 2. The van der Waals surface area contributed by atoms with Gasteiger partial charge in [-0.05, 0) is 17.7 Å². The second-order valence-electron chi connectivity index (χ2n) is 6.56. The minimum Gasteiger partial charge on any atom is -0.232 e. The van der Waals surface area contributed by atoms with Crippen LogP contribution < -0.4 is 0 Å². The van der Waals surface area contributed by atoms with E-state index in [-0.39, 0.29) is 24.3 Å². The van der Waals surface area contributed by atoms with Crippen LogP contribution in [0.3, 0.4) is 0 Å². The summed E-state index contributed by atoms with van der Waals surface area (Å²) in [5, 5.41) is 0.429. The van der Waals surface area contributed by atoms with Gasteiger partial charge < -0.3 is 0 Å². The molecule has 14 heteroatoms. The average molecular weight is 600 g/mol. The lowest BCUT2D eigenvalue weighted by atomic mass is 10.2. The number of benzene rings is 2. The van der Waals surface area contributed by atoms with Gasteiger partial charge in [0.15, 0.2) is 0 Å². The second kappa shape index (κ2) is 11.4. The van der Waals surface area contributed by atoms with Crippen molar-refractivity contribution in [2.45, 2.75) is 20.2 Å². The Hall–Kier alpha value is -1.60. The Morgan fingerprint density at radius 3 is 1.59 bits per heavy atom. The molecule has 0 bridgehead atoms. The molecule has 0 radical (unpaired) electrons. The number of sulfone groups is 2. The van der Waals surface area contributed by atoms with Gasteiger partial charge in [-0.1, -0.05) is 93.9 Å². The van der Waals surface area contributed by atoms with Crippen LogP contribution >= 0.6 is 57.5 Å². The first kappa shape index (κ1) is 27.0. The minimum absolute atomic E-state index is 0.0161. The Morgan fingerprint density at radius 2 is 1.15 bits per heavy atom. The zero-order valence-electron chi connectivity index (χ0n) is 16.9. The lowest BCUT2D eigenvalue weighted by Crippen LogP contribution is -2.05. The zero-order valence-corrected chi connectivity index (χ0v) is 22.4. The van der Waals surface area contributed by atoms with Crippen molar-refractivity contribution in [3.8, 4) is 0 Å². The van der Waals surface area contributed by atoms with Crippen molar-refractivity contribution >= 4 is 77.2 Å². The van der Waals surface area contributed by atoms with E-state index >= 15 is 0 Å². The van der Waals surface area contributed by atoms with Crippen molar-refractivity contribution in [3.05, 3.63) is 91.6 Å². The van der Waals surface area contributed by atoms with E-state index in [0.29, 0.717) is 14.9 Å². The average Bonchev–Trinajstić information content (AvgIpc) is 3.41. The maximum absolute atomic E-state index is 13.3. The van der Waals surface area contributed by atoms with Gasteiger partial charge in [0.1, 0.15) is 14.5 Å². The second-order valence-corrected chi connectivity index (χ2v) is 14.6. The molecular formula is C20H14Cl3FN2O4S4. The molecule has 4 aromatic rings. The molecule has 0 N–H and O–H groups in total. The van der Waals surface area contributed by atoms with Crippen LogP contribution in [-0.2, 0) is 31.2 Å². The van der Waals surface area contributed by atoms with Crippen molar-refractivity contribution < 1.29 is 21.2 Å². The summed E-state index contributed by atoms with van der Waals surface area (Å²) in [7, 11) is -7.11. The van der Waals surface area contributed by atoms with E-state index in [1.165, 1.54) is 30.6 Å². The van der Waals surface area contributed by atoms with E-state index in [9.17, 15) is 21.2 Å². The largest absolute Gasteiger partial charge is 0.232 e. The molecule has 0 aliphatic heterocycles. The molecule has 0 unspecified atom stereocenters. The first-order chi connectivity index (χ1) is 16.0. The van der Waals surface area contributed by atoms with Gasteiger partial charge >= 0.3 is 0 Å². The molecule has 0 atom stereocenters. The van der Waals surface area contributed by atoms with E-state index in [1.54, 1.807) is 30.3 Å². The maximum atomic E-state index is 13.3. The molecule has 0 spiro atoms. The van der Waals surface area contributed by atoms with Gasteiger partial charge in [0.25, 0.3) is 0 Å². The molecule has 2 aromatic heterocycles. The molecule has 0 saturated heterocycles. The summed E-state index contributed by atoms with van der Waals surface area (Å²) < 4.78 is 61.7. The van der Waals surface area contributed by atoms with Gasteiger partial charge in [-0.15, -0.1) is 0 Å². The topological polar surface area (TPSA) is 94.1 Å². The smallest absolute Gasteiger partial charge is 0.210 e. The number of hydrogen-bond acceptors (Lipinski definition) is 8. The molecule has 4 rings (SSSR count). The monoisotopic (exact) mass is 598 g/mol. The fourth-order valence-corrected chi connectivity index (χ4v) is 8.26. The number of aromatic nitrogens is 2. The van der Waals surface area contributed by atoms with Crippen LogP contribution in [0.15, 0.2) is 69.6 Å². The molecule has 34 heavy (non-hydrogen) atoms. The number of rotatable bonds is 6. The predicted octanol–water partition coefficient (Wildman–Crippen LogP) is 6.33. The number of halogens is 4. The van der Waals surface area contributed by atoms with Gasteiger partial charge in [-0.25, -0.2) is 31.2 Å². The Balaban J connectivity index is 0.000000191. The van der Waals surface area contributed by atoms with Gasteiger partial charge in [0, 0.05) is 10.6 Å². The summed E-state index contributed by atoms with van der Waals surface area (Å²) >= 11 is 19.0. The van der Waals surface area contributed by atoms with Gasteiger partial charge in [0.05, 0.1) is 23.9 Å². The van der Waals surface area contributed by atoms with Crippen molar-refractivity contribution in [1.29, 1.82) is 0 Å². The van der Waals surface area contributed by atoms with Crippen LogP contribution in [0.1, 0.15) is 11.1 Å². The van der Waals surface area contributed by atoms with Crippen LogP contribution in [0.4, 0.5) is 4.39 Å². The third-order valence-corrected chi connectivity index (χ3v) is 10.9. The van der Waals surface area contributed by atoms with Crippen molar-refractivity contribution in [3.63, 3.8) is 0 Å². The summed E-state index contributed by atoms with van der Waals surface area (Å²) in [5.41, 5.74) is 0.680. The Kier molecular flexibility index (Phi) is 9.07. The molecule has 6 nitrogen and oxygen atoms in total. The highest BCUT2D eigenvalue weighted by molar-refractivity contribution is 7.93. The highest BCUT2D eigenvalue weighted by atomic mass is 35.5. The van der Waals surface area contributed by atoms with Gasteiger partial charge in [-0.3, -0.25) is 0 Å². The molecule has 0 aliphatic rings. The molecule has 0 fully saturated rings. The molecule has 0 saturated carbocycles. The summed E-state index contributed by atoms with van der Waals surface area (Å²) in [6.07, 6.45) is 2.59. The molecule has 0 aliphatic carbocycles. The third-order valence-electron chi connectivity index (χ3n) is 4.05. The third kappa shape index (κ3) is 7.20. The molecule has 2 heterocycles. The van der Waals surface area contributed by atoms with Crippen molar-refractivity contribution in [2.24, 2.45) is 0 Å². The Bertz CT molecular complexity index is 1390. The number of nitrogens with zero attached hydrogens (tertiary/aromatic N) is 2.